The summed E-state index contributed by atoms with van der Waals surface area (Å²) in [6.45, 7) is 1.24. The molecule has 0 rings (SSSR count). The number of hydrogen-bond donors (Lipinski definition) is 2. The van der Waals surface area contributed by atoms with Gasteiger partial charge in [-0.3, -0.25) is 4.79 Å². The quantitative estimate of drug-likeness (QED) is 0.441. The molecule has 3 nitrogen and oxygen atoms in total. The van der Waals surface area contributed by atoms with E-state index >= 15 is 0 Å². The van der Waals surface area contributed by atoms with Crippen molar-refractivity contribution >= 4 is 5.91 Å². The van der Waals surface area contributed by atoms with E-state index in [0.29, 0.717) is 19.5 Å². The Balaban J connectivity index is 3.15. The molecule has 3 N–H and O–H groups in total. The summed E-state index contributed by atoms with van der Waals surface area (Å²) in [5.41, 5.74) is 5.25. The SMILES string of the molecule is C#CCCCNC(=O)CCCN. The molecule has 0 bridgehead atoms. The first-order valence-corrected chi connectivity index (χ1v) is 4.21. The van der Waals surface area contributed by atoms with E-state index in [2.05, 4.69) is 11.2 Å². The summed E-state index contributed by atoms with van der Waals surface area (Å²) >= 11 is 0. The van der Waals surface area contributed by atoms with Crippen molar-refractivity contribution < 1.29 is 4.79 Å². The molecular formula is C9H16N2O. The normalized spacial score (nSPS) is 9.00. The molecule has 3 heteroatoms. The van der Waals surface area contributed by atoms with Gasteiger partial charge in [0.2, 0.25) is 5.91 Å². The summed E-state index contributed by atoms with van der Waals surface area (Å²) in [5, 5.41) is 2.76. The largest absolute Gasteiger partial charge is 0.356 e. The maximum atomic E-state index is 10.9. The third kappa shape index (κ3) is 7.10. The highest BCUT2D eigenvalue weighted by Crippen LogP contribution is 1.87. The van der Waals surface area contributed by atoms with Crippen LogP contribution in [-0.2, 0) is 4.79 Å². The zero-order valence-corrected chi connectivity index (χ0v) is 7.31. The lowest BCUT2D eigenvalue weighted by Crippen LogP contribution is -2.24. The molecule has 0 aromatic rings. The number of unbranched alkanes of at least 4 members (excludes halogenated alkanes) is 1. The number of nitrogens with two attached hydrogens (primary N) is 1. The predicted molar refractivity (Wildman–Crippen MR) is 49.4 cm³/mol. The highest BCUT2D eigenvalue weighted by molar-refractivity contribution is 5.75. The van der Waals surface area contributed by atoms with Gasteiger partial charge < -0.3 is 11.1 Å². The minimum absolute atomic E-state index is 0.0671. The van der Waals surface area contributed by atoms with Crippen LogP contribution in [0, 0.1) is 12.3 Å². The van der Waals surface area contributed by atoms with E-state index in [4.69, 9.17) is 12.2 Å². The fourth-order valence-electron chi connectivity index (χ4n) is 0.769. The lowest BCUT2D eigenvalue weighted by molar-refractivity contribution is -0.121. The highest BCUT2D eigenvalue weighted by Gasteiger charge is 1.97. The van der Waals surface area contributed by atoms with Gasteiger partial charge in [-0.05, 0) is 19.4 Å². The van der Waals surface area contributed by atoms with Crippen molar-refractivity contribution in [3.05, 3.63) is 0 Å². The van der Waals surface area contributed by atoms with Crippen LogP contribution in [0.25, 0.3) is 0 Å². The average molecular weight is 168 g/mol. The number of rotatable bonds is 6. The standard InChI is InChI=1S/C9H16N2O/c1-2-3-4-8-11-9(12)6-5-7-10/h1H,3-8,10H2,(H,11,12). The highest BCUT2D eigenvalue weighted by atomic mass is 16.1. The molecule has 0 fully saturated rings. The molecule has 0 saturated heterocycles. The lowest BCUT2D eigenvalue weighted by atomic mass is 10.3. The van der Waals surface area contributed by atoms with Crippen molar-refractivity contribution in [2.45, 2.75) is 25.7 Å². The Morgan fingerprint density at radius 3 is 2.83 bits per heavy atom. The van der Waals surface area contributed by atoms with Gasteiger partial charge in [0.05, 0.1) is 0 Å². The van der Waals surface area contributed by atoms with Gasteiger partial charge in [0.1, 0.15) is 0 Å². The van der Waals surface area contributed by atoms with Gasteiger partial charge in [0.25, 0.3) is 0 Å². The van der Waals surface area contributed by atoms with Crippen molar-refractivity contribution in [1.29, 1.82) is 0 Å². The van der Waals surface area contributed by atoms with Crippen molar-refractivity contribution in [2.75, 3.05) is 13.1 Å². The molecule has 12 heavy (non-hydrogen) atoms. The van der Waals surface area contributed by atoms with Crippen molar-refractivity contribution in [2.24, 2.45) is 5.73 Å². The monoisotopic (exact) mass is 168 g/mol. The summed E-state index contributed by atoms with van der Waals surface area (Å²) in [7, 11) is 0. The molecule has 1 amide bonds. The second-order valence-corrected chi connectivity index (χ2v) is 2.55. The van der Waals surface area contributed by atoms with E-state index < -0.39 is 0 Å². The van der Waals surface area contributed by atoms with Crippen LogP contribution in [-0.4, -0.2) is 19.0 Å². The molecular weight excluding hydrogens is 152 g/mol. The third-order valence-electron chi connectivity index (χ3n) is 1.43. The molecule has 0 spiro atoms. The first-order valence-electron chi connectivity index (χ1n) is 4.21. The van der Waals surface area contributed by atoms with Crippen LogP contribution in [0.5, 0.6) is 0 Å². The van der Waals surface area contributed by atoms with E-state index in [9.17, 15) is 4.79 Å². The van der Waals surface area contributed by atoms with Crippen LogP contribution in [0.4, 0.5) is 0 Å². The minimum atomic E-state index is 0.0671. The number of carbonyl (C=O) groups is 1. The van der Waals surface area contributed by atoms with Gasteiger partial charge in [-0.15, -0.1) is 12.3 Å². The van der Waals surface area contributed by atoms with Crippen LogP contribution < -0.4 is 11.1 Å². The zero-order chi connectivity index (χ0) is 9.23. The topological polar surface area (TPSA) is 55.1 Å². The van der Waals surface area contributed by atoms with Gasteiger partial charge in [0, 0.05) is 19.4 Å². The summed E-state index contributed by atoms with van der Waals surface area (Å²) < 4.78 is 0. The van der Waals surface area contributed by atoms with Gasteiger partial charge in [-0.25, -0.2) is 0 Å². The summed E-state index contributed by atoms with van der Waals surface area (Å²) in [4.78, 5) is 10.9. The summed E-state index contributed by atoms with van der Waals surface area (Å²) in [5.74, 6) is 2.58. The van der Waals surface area contributed by atoms with Crippen LogP contribution in [0.2, 0.25) is 0 Å². The lowest BCUT2D eigenvalue weighted by Gasteiger charge is -2.01. The Bertz CT molecular complexity index is 160. The Kier molecular flexibility index (Phi) is 7.41. The van der Waals surface area contributed by atoms with Gasteiger partial charge in [0.15, 0.2) is 0 Å². The van der Waals surface area contributed by atoms with E-state index in [0.717, 1.165) is 19.3 Å². The van der Waals surface area contributed by atoms with E-state index in [1.165, 1.54) is 0 Å². The zero-order valence-electron chi connectivity index (χ0n) is 7.31. The maximum Gasteiger partial charge on any atom is 0.220 e. The molecule has 0 atom stereocenters. The summed E-state index contributed by atoms with van der Waals surface area (Å²) in [6.07, 6.45) is 7.89. The van der Waals surface area contributed by atoms with E-state index in [-0.39, 0.29) is 5.91 Å². The third-order valence-corrected chi connectivity index (χ3v) is 1.43. The molecule has 0 aliphatic rings. The first kappa shape index (κ1) is 11.0. The molecule has 0 aromatic heterocycles. The van der Waals surface area contributed by atoms with Crippen molar-refractivity contribution in [3.63, 3.8) is 0 Å². The second kappa shape index (κ2) is 8.09. The molecule has 0 heterocycles. The Hall–Kier alpha value is -1.01. The van der Waals surface area contributed by atoms with Crippen LogP contribution >= 0.6 is 0 Å². The van der Waals surface area contributed by atoms with Crippen LogP contribution in [0.1, 0.15) is 25.7 Å². The maximum absolute atomic E-state index is 10.9. The predicted octanol–water partition coefficient (Wildman–Crippen LogP) is 0.255. The Labute approximate surface area is 73.7 Å². The fourth-order valence-corrected chi connectivity index (χ4v) is 0.769. The number of nitrogens with one attached hydrogen (secondary N) is 1. The van der Waals surface area contributed by atoms with Gasteiger partial charge in [-0.1, -0.05) is 0 Å². The molecule has 68 valence electrons. The minimum Gasteiger partial charge on any atom is -0.356 e. The molecule has 0 aliphatic heterocycles. The van der Waals surface area contributed by atoms with Crippen molar-refractivity contribution in [3.8, 4) is 12.3 Å². The molecule has 0 aromatic carbocycles. The number of terminal acetylenes is 1. The van der Waals surface area contributed by atoms with Gasteiger partial charge >= 0.3 is 0 Å². The molecule has 0 unspecified atom stereocenters. The summed E-state index contributed by atoms with van der Waals surface area (Å²) in [6, 6.07) is 0. The molecule has 0 radical (unpaired) electrons. The number of amides is 1. The van der Waals surface area contributed by atoms with Crippen LogP contribution in [0.3, 0.4) is 0 Å². The van der Waals surface area contributed by atoms with Crippen molar-refractivity contribution in [1.82, 2.24) is 5.32 Å². The van der Waals surface area contributed by atoms with E-state index in [1.54, 1.807) is 0 Å². The Morgan fingerprint density at radius 1 is 1.50 bits per heavy atom. The fraction of sp³-hybridized carbons (Fsp3) is 0.667. The Morgan fingerprint density at radius 2 is 2.25 bits per heavy atom. The second-order valence-electron chi connectivity index (χ2n) is 2.55. The molecule has 0 saturated carbocycles. The van der Waals surface area contributed by atoms with Gasteiger partial charge in [-0.2, -0.15) is 0 Å². The number of hydrogen-bond acceptors (Lipinski definition) is 2. The first-order chi connectivity index (χ1) is 5.81. The smallest absolute Gasteiger partial charge is 0.220 e. The van der Waals surface area contributed by atoms with Crippen LogP contribution in [0.15, 0.2) is 0 Å². The number of carbonyl (C=O) groups excluding carboxylic acids is 1. The molecule has 0 aliphatic carbocycles. The average Bonchev–Trinajstić information content (AvgIpc) is 2.09. The van der Waals surface area contributed by atoms with E-state index in [1.807, 2.05) is 0 Å².